The maximum absolute atomic E-state index is 11.5. The van der Waals surface area contributed by atoms with Gasteiger partial charge >= 0.3 is 0 Å². The number of amides is 1. The molecule has 1 atom stereocenters. The molecule has 0 aliphatic carbocycles. The van der Waals surface area contributed by atoms with Crippen molar-refractivity contribution in [3.05, 3.63) is 28.2 Å². The highest BCUT2D eigenvalue weighted by molar-refractivity contribution is 9.10. The Balaban J connectivity index is 2.98. The third-order valence-corrected chi connectivity index (χ3v) is 3.54. The lowest BCUT2D eigenvalue weighted by Gasteiger charge is -2.25. The molecular formula is C14H21BrN2O2. The van der Waals surface area contributed by atoms with E-state index >= 15 is 0 Å². The van der Waals surface area contributed by atoms with Crippen LogP contribution in [-0.4, -0.2) is 31.2 Å². The van der Waals surface area contributed by atoms with E-state index in [0.717, 1.165) is 28.7 Å². The minimum Gasteiger partial charge on any atom is -0.389 e. The first-order valence-corrected chi connectivity index (χ1v) is 7.22. The fraction of sp³-hybridized carbons (Fsp3) is 0.500. The van der Waals surface area contributed by atoms with E-state index in [-0.39, 0.29) is 5.91 Å². The van der Waals surface area contributed by atoms with Gasteiger partial charge in [-0.3, -0.25) is 4.79 Å². The number of aliphatic hydroxyl groups excluding tert-OH is 1. The van der Waals surface area contributed by atoms with Crippen molar-refractivity contribution in [2.24, 2.45) is 0 Å². The predicted octanol–water partition coefficient (Wildman–Crippen LogP) is 2.46. The molecule has 0 bridgehead atoms. The van der Waals surface area contributed by atoms with Gasteiger partial charge in [0.05, 0.1) is 18.3 Å². The highest BCUT2D eigenvalue weighted by atomic mass is 79.9. The summed E-state index contributed by atoms with van der Waals surface area (Å²) in [4.78, 5) is 13.6. The maximum Gasteiger partial charge on any atom is 0.239 e. The van der Waals surface area contributed by atoms with Crippen LogP contribution in [-0.2, 0) is 4.79 Å². The van der Waals surface area contributed by atoms with Crippen LogP contribution in [0.4, 0.5) is 5.69 Å². The Morgan fingerprint density at radius 3 is 2.68 bits per heavy atom. The van der Waals surface area contributed by atoms with Crippen LogP contribution >= 0.6 is 15.9 Å². The second kappa shape index (κ2) is 7.50. The lowest BCUT2D eigenvalue weighted by Crippen LogP contribution is -2.36. The standard InChI is InChI=1S/C14H21BrN2O2/c1-4-7-17(9-14(19)16-3)13-6-5-11(10(2)18)8-12(13)15/h5-6,8,10,18H,4,7,9H2,1-3H3,(H,16,19). The molecule has 0 radical (unpaired) electrons. The molecule has 1 unspecified atom stereocenters. The molecule has 1 aromatic rings. The van der Waals surface area contributed by atoms with Gasteiger partial charge in [-0.1, -0.05) is 13.0 Å². The van der Waals surface area contributed by atoms with Gasteiger partial charge < -0.3 is 15.3 Å². The van der Waals surface area contributed by atoms with Gasteiger partial charge in [-0.15, -0.1) is 0 Å². The first kappa shape index (κ1) is 16.0. The number of anilines is 1. The predicted molar refractivity (Wildman–Crippen MR) is 81.3 cm³/mol. The summed E-state index contributed by atoms with van der Waals surface area (Å²) in [5.74, 6) is -0.0139. The van der Waals surface area contributed by atoms with Crippen molar-refractivity contribution in [2.75, 3.05) is 25.0 Å². The first-order valence-electron chi connectivity index (χ1n) is 6.42. The maximum atomic E-state index is 11.5. The highest BCUT2D eigenvalue weighted by Gasteiger charge is 2.14. The SMILES string of the molecule is CCCN(CC(=O)NC)c1ccc(C(C)O)cc1Br. The van der Waals surface area contributed by atoms with E-state index in [0.29, 0.717) is 6.54 Å². The molecule has 1 aromatic carbocycles. The molecule has 0 aliphatic heterocycles. The molecule has 2 N–H and O–H groups in total. The van der Waals surface area contributed by atoms with E-state index < -0.39 is 6.10 Å². The summed E-state index contributed by atoms with van der Waals surface area (Å²) >= 11 is 3.51. The van der Waals surface area contributed by atoms with Gasteiger partial charge in [0.15, 0.2) is 0 Å². The number of nitrogens with one attached hydrogen (secondary N) is 1. The monoisotopic (exact) mass is 328 g/mol. The summed E-state index contributed by atoms with van der Waals surface area (Å²) in [5, 5.41) is 12.2. The first-order chi connectivity index (χ1) is 8.99. The number of benzene rings is 1. The summed E-state index contributed by atoms with van der Waals surface area (Å²) in [6, 6.07) is 5.72. The Morgan fingerprint density at radius 2 is 2.21 bits per heavy atom. The number of rotatable bonds is 6. The second-order valence-electron chi connectivity index (χ2n) is 4.48. The second-order valence-corrected chi connectivity index (χ2v) is 5.34. The molecular weight excluding hydrogens is 308 g/mol. The molecule has 0 fully saturated rings. The molecule has 0 heterocycles. The number of carbonyl (C=O) groups is 1. The largest absolute Gasteiger partial charge is 0.389 e. The van der Waals surface area contributed by atoms with Gasteiger partial charge in [0.2, 0.25) is 5.91 Å². The zero-order valence-corrected chi connectivity index (χ0v) is 13.2. The third-order valence-electron chi connectivity index (χ3n) is 2.90. The normalized spacial score (nSPS) is 12.1. The minimum absolute atomic E-state index is 0.0139. The fourth-order valence-corrected chi connectivity index (χ4v) is 2.49. The number of carbonyl (C=O) groups excluding carboxylic acids is 1. The van der Waals surface area contributed by atoms with Crippen molar-refractivity contribution in [1.29, 1.82) is 0 Å². The Labute approximate surface area is 122 Å². The number of halogens is 1. The average molecular weight is 329 g/mol. The summed E-state index contributed by atoms with van der Waals surface area (Å²) in [6.45, 7) is 4.95. The van der Waals surface area contributed by atoms with Crippen LogP contribution in [0.1, 0.15) is 31.9 Å². The van der Waals surface area contributed by atoms with E-state index in [4.69, 9.17) is 0 Å². The Hall–Kier alpha value is -1.07. The smallest absolute Gasteiger partial charge is 0.239 e. The molecule has 1 rings (SSSR count). The lowest BCUT2D eigenvalue weighted by atomic mass is 10.1. The van der Waals surface area contributed by atoms with Crippen LogP contribution in [0.3, 0.4) is 0 Å². The van der Waals surface area contributed by atoms with Crippen LogP contribution in [0.15, 0.2) is 22.7 Å². The number of likely N-dealkylation sites (N-methyl/N-ethyl adjacent to an activating group) is 1. The van der Waals surface area contributed by atoms with Crippen molar-refractivity contribution in [3.63, 3.8) is 0 Å². The van der Waals surface area contributed by atoms with Crippen LogP contribution in [0.2, 0.25) is 0 Å². The summed E-state index contributed by atoms with van der Waals surface area (Å²) in [7, 11) is 1.64. The van der Waals surface area contributed by atoms with E-state index in [2.05, 4.69) is 28.2 Å². The molecule has 0 aliphatic rings. The van der Waals surface area contributed by atoms with Crippen LogP contribution in [0.5, 0.6) is 0 Å². The van der Waals surface area contributed by atoms with Crippen LogP contribution in [0.25, 0.3) is 0 Å². The zero-order chi connectivity index (χ0) is 14.4. The molecule has 0 spiro atoms. The topological polar surface area (TPSA) is 52.6 Å². The fourth-order valence-electron chi connectivity index (χ4n) is 1.85. The van der Waals surface area contributed by atoms with E-state index in [1.54, 1.807) is 14.0 Å². The van der Waals surface area contributed by atoms with Gasteiger partial charge in [0.1, 0.15) is 0 Å². The summed E-state index contributed by atoms with van der Waals surface area (Å²) < 4.78 is 0.892. The molecule has 19 heavy (non-hydrogen) atoms. The van der Waals surface area contributed by atoms with Gasteiger partial charge in [-0.05, 0) is 47.0 Å². The number of hydrogen-bond donors (Lipinski definition) is 2. The van der Waals surface area contributed by atoms with Gasteiger partial charge in [0.25, 0.3) is 0 Å². The van der Waals surface area contributed by atoms with Crippen molar-refractivity contribution in [2.45, 2.75) is 26.4 Å². The molecule has 5 heteroatoms. The van der Waals surface area contributed by atoms with Crippen molar-refractivity contribution < 1.29 is 9.90 Å². The number of aliphatic hydroxyl groups is 1. The molecule has 0 aromatic heterocycles. The van der Waals surface area contributed by atoms with E-state index in [1.807, 2.05) is 23.1 Å². The Bertz CT molecular complexity index is 435. The van der Waals surface area contributed by atoms with E-state index in [9.17, 15) is 9.90 Å². The summed E-state index contributed by atoms with van der Waals surface area (Å²) in [6.07, 6.45) is 0.464. The average Bonchev–Trinajstić information content (AvgIpc) is 2.37. The molecule has 4 nitrogen and oxygen atoms in total. The van der Waals surface area contributed by atoms with Gasteiger partial charge in [-0.2, -0.15) is 0 Å². The summed E-state index contributed by atoms with van der Waals surface area (Å²) in [5.41, 5.74) is 1.82. The lowest BCUT2D eigenvalue weighted by molar-refractivity contribution is -0.119. The Morgan fingerprint density at radius 1 is 1.53 bits per heavy atom. The molecule has 106 valence electrons. The van der Waals surface area contributed by atoms with Crippen LogP contribution in [0, 0.1) is 0 Å². The molecule has 0 saturated carbocycles. The number of nitrogens with zero attached hydrogens (tertiary/aromatic N) is 1. The third kappa shape index (κ3) is 4.51. The van der Waals surface area contributed by atoms with Crippen LogP contribution < -0.4 is 10.2 Å². The van der Waals surface area contributed by atoms with Gasteiger partial charge in [-0.25, -0.2) is 0 Å². The minimum atomic E-state index is -0.496. The highest BCUT2D eigenvalue weighted by Crippen LogP contribution is 2.29. The number of hydrogen-bond acceptors (Lipinski definition) is 3. The van der Waals surface area contributed by atoms with Crippen molar-refractivity contribution >= 4 is 27.5 Å². The van der Waals surface area contributed by atoms with Gasteiger partial charge in [0, 0.05) is 18.1 Å². The van der Waals surface area contributed by atoms with E-state index in [1.165, 1.54) is 0 Å². The molecule has 0 saturated heterocycles. The quantitative estimate of drug-likeness (QED) is 0.843. The van der Waals surface area contributed by atoms with Crippen molar-refractivity contribution in [3.8, 4) is 0 Å². The molecule has 1 amide bonds. The zero-order valence-electron chi connectivity index (χ0n) is 11.6. The van der Waals surface area contributed by atoms with Crippen molar-refractivity contribution in [1.82, 2.24) is 5.32 Å². The Kier molecular flexibility index (Phi) is 6.31.